The average Bonchev–Trinajstić information content (AvgIpc) is 2.67. The van der Waals surface area contributed by atoms with E-state index < -0.39 is 0 Å². The third-order valence-electron chi connectivity index (χ3n) is 3.61. The van der Waals surface area contributed by atoms with Gasteiger partial charge in [0.2, 0.25) is 0 Å². The number of hydrogen-bond acceptors (Lipinski definition) is 4. The SMILES string of the molecule is CN(CCO)C1CCOC2(CCSC2)C1. The van der Waals surface area contributed by atoms with Crippen molar-refractivity contribution in [3.05, 3.63) is 0 Å². The van der Waals surface area contributed by atoms with Gasteiger partial charge >= 0.3 is 0 Å². The summed E-state index contributed by atoms with van der Waals surface area (Å²) < 4.78 is 5.97. The predicted molar refractivity (Wildman–Crippen MR) is 63.4 cm³/mol. The lowest BCUT2D eigenvalue weighted by Crippen LogP contribution is -2.48. The first-order chi connectivity index (χ1) is 7.26. The highest BCUT2D eigenvalue weighted by molar-refractivity contribution is 7.99. The summed E-state index contributed by atoms with van der Waals surface area (Å²) in [6, 6.07) is 0.601. The summed E-state index contributed by atoms with van der Waals surface area (Å²) >= 11 is 2.01. The van der Waals surface area contributed by atoms with Gasteiger partial charge in [0.1, 0.15) is 0 Å². The molecule has 0 aromatic heterocycles. The molecule has 0 radical (unpaired) electrons. The fraction of sp³-hybridized carbons (Fsp3) is 1.00. The molecule has 0 aromatic carbocycles. The van der Waals surface area contributed by atoms with Crippen molar-refractivity contribution >= 4 is 11.8 Å². The van der Waals surface area contributed by atoms with E-state index in [1.807, 2.05) is 11.8 Å². The normalized spacial score (nSPS) is 36.6. The second kappa shape index (κ2) is 5.04. The Labute approximate surface area is 96.2 Å². The topological polar surface area (TPSA) is 32.7 Å². The zero-order valence-electron chi connectivity index (χ0n) is 9.45. The molecule has 2 aliphatic rings. The van der Waals surface area contributed by atoms with Gasteiger partial charge in [-0.05, 0) is 32.1 Å². The van der Waals surface area contributed by atoms with Crippen LogP contribution in [-0.2, 0) is 4.74 Å². The summed E-state index contributed by atoms with van der Waals surface area (Å²) in [5.41, 5.74) is 0.164. The lowest BCUT2D eigenvalue weighted by molar-refractivity contribution is -0.0873. The van der Waals surface area contributed by atoms with E-state index in [4.69, 9.17) is 9.84 Å². The fourth-order valence-corrected chi connectivity index (χ4v) is 3.96. The van der Waals surface area contributed by atoms with Crippen LogP contribution >= 0.6 is 11.8 Å². The summed E-state index contributed by atoms with van der Waals surface area (Å²) in [6.45, 7) is 1.94. The van der Waals surface area contributed by atoms with Crippen molar-refractivity contribution in [1.82, 2.24) is 4.90 Å². The van der Waals surface area contributed by atoms with E-state index in [-0.39, 0.29) is 12.2 Å². The number of aliphatic hydroxyl groups excluding tert-OH is 1. The molecule has 2 aliphatic heterocycles. The molecule has 2 unspecified atom stereocenters. The van der Waals surface area contributed by atoms with Gasteiger partial charge in [0.15, 0.2) is 0 Å². The lowest BCUT2D eigenvalue weighted by Gasteiger charge is -2.41. The third kappa shape index (κ3) is 2.67. The molecule has 15 heavy (non-hydrogen) atoms. The Balaban J connectivity index is 1.91. The Morgan fingerprint density at radius 2 is 2.47 bits per heavy atom. The van der Waals surface area contributed by atoms with Gasteiger partial charge in [0.25, 0.3) is 0 Å². The van der Waals surface area contributed by atoms with E-state index >= 15 is 0 Å². The zero-order valence-corrected chi connectivity index (χ0v) is 10.3. The van der Waals surface area contributed by atoms with Gasteiger partial charge in [-0.3, -0.25) is 0 Å². The summed E-state index contributed by atoms with van der Waals surface area (Å²) in [4.78, 5) is 2.28. The van der Waals surface area contributed by atoms with Gasteiger partial charge in [-0.2, -0.15) is 11.8 Å². The molecule has 4 heteroatoms. The van der Waals surface area contributed by atoms with Gasteiger partial charge in [-0.1, -0.05) is 0 Å². The summed E-state index contributed by atoms with van der Waals surface area (Å²) in [6.07, 6.45) is 3.47. The minimum Gasteiger partial charge on any atom is -0.395 e. The maximum Gasteiger partial charge on any atom is 0.0795 e. The summed E-state index contributed by atoms with van der Waals surface area (Å²) in [5, 5.41) is 8.95. The second-order valence-corrected chi connectivity index (χ2v) is 5.79. The molecule has 2 saturated heterocycles. The van der Waals surface area contributed by atoms with Gasteiger partial charge in [0, 0.05) is 24.9 Å². The van der Waals surface area contributed by atoms with E-state index in [9.17, 15) is 0 Å². The Hall–Kier alpha value is 0.230. The first-order valence-corrected chi connectivity index (χ1v) is 6.94. The highest BCUT2D eigenvalue weighted by Gasteiger charge is 2.41. The number of nitrogens with zero attached hydrogens (tertiary/aromatic N) is 1. The van der Waals surface area contributed by atoms with Crippen LogP contribution in [0.25, 0.3) is 0 Å². The molecule has 2 rings (SSSR count). The van der Waals surface area contributed by atoms with Crippen LogP contribution in [0.5, 0.6) is 0 Å². The monoisotopic (exact) mass is 231 g/mol. The van der Waals surface area contributed by atoms with E-state index in [0.29, 0.717) is 6.04 Å². The summed E-state index contributed by atoms with van der Waals surface area (Å²) in [5.74, 6) is 2.41. The van der Waals surface area contributed by atoms with Crippen LogP contribution < -0.4 is 0 Å². The second-order valence-electron chi connectivity index (χ2n) is 4.68. The quantitative estimate of drug-likeness (QED) is 0.784. The Kier molecular flexibility index (Phi) is 3.93. The molecule has 3 nitrogen and oxygen atoms in total. The maximum absolute atomic E-state index is 8.95. The van der Waals surface area contributed by atoms with Crippen LogP contribution in [0, 0.1) is 0 Å². The summed E-state index contributed by atoms with van der Waals surface area (Å²) in [7, 11) is 2.11. The minimum atomic E-state index is 0.164. The lowest BCUT2D eigenvalue weighted by atomic mass is 9.89. The number of likely N-dealkylation sites (N-methyl/N-ethyl adjacent to an activating group) is 1. The first-order valence-electron chi connectivity index (χ1n) is 5.79. The average molecular weight is 231 g/mol. The van der Waals surface area contributed by atoms with Gasteiger partial charge in [-0.25, -0.2) is 0 Å². The molecule has 0 bridgehead atoms. The predicted octanol–water partition coefficient (Wildman–Crippen LogP) is 0.965. The Morgan fingerprint density at radius 1 is 1.60 bits per heavy atom. The minimum absolute atomic E-state index is 0.164. The number of hydrogen-bond donors (Lipinski definition) is 1. The molecular formula is C11H21NO2S. The van der Waals surface area contributed by atoms with Crippen molar-refractivity contribution in [2.45, 2.75) is 30.9 Å². The van der Waals surface area contributed by atoms with E-state index in [1.54, 1.807) is 0 Å². The number of aliphatic hydroxyl groups is 1. The van der Waals surface area contributed by atoms with Crippen molar-refractivity contribution in [2.24, 2.45) is 0 Å². The third-order valence-corrected chi connectivity index (χ3v) is 4.83. The van der Waals surface area contributed by atoms with E-state index in [0.717, 1.165) is 31.7 Å². The smallest absolute Gasteiger partial charge is 0.0795 e. The molecule has 2 atom stereocenters. The molecule has 2 heterocycles. The molecule has 1 N–H and O–H groups in total. The molecule has 0 aliphatic carbocycles. The molecule has 2 fully saturated rings. The van der Waals surface area contributed by atoms with E-state index in [2.05, 4.69) is 11.9 Å². The van der Waals surface area contributed by atoms with Crippen LogP contribution in [0.3, 0.4) is 0 Å². The number of ether oxygens (including phenoxy) is 1. The molecular weight excluding hydrogens is 210 g/mol. The van der Waals surface area contributed by atoms with Crippen LogP contribution in [0.1, 0.15) is 19.3 Å². The molecule has 0 amide bonds. The van der Waals surface area contributed by atoms with Crippen LogP contribution in [0.15, 0.2) is 0 Å². The number of thioether (sulfide) groups is 1. The molecule has 1 spiro atoms. The van der Waals surface area contributed by atoms with Crippen molar-refractivity contribution < 1.29 is 9.84 Å². The Bertz CT molecular complexity index is 207. The zero-order chi connectivity index (χ0) is 10.7. The first kappa shape index (κ1) is 11.7. The Morgan fingerprint density at radius 3 is 3.13 bits per heavy atom. The van der Waals surface area contributed by atoms with Crippen molar-refractivity contribution in [3.63, 3.8) is 0 Å². The largest absolute Gasteiger partial charge is 0.395 e. The van der Waals surface area contributed by atoms with Crippen molar-refractivity contribution in [3.8, 4) is 0 Å². The van der Waals surface area contributed by atoms with Gasteiger partial charge < -0.3 is 14.7 Å². The molecule has 0 saturated carbocycles. The fourth-order valence-electron chi connectivity index (χ4n) is 2.58. The van der Waals surface area contributed by atoms with Crippen LogP contribution in [0.2, 0.25) is 0 Å². The standard InChI is InChI=1S/C11H21NO2S/c1-12(4-5-13)10-2-6-14-11(8-10)3-7-15-9-11/h10,13H,2-9H2,1H3. The highest BCUT2D eigenvalue weighted by Crippen LogP contribution is 2.39. The molecule has 88 valence electrons. The van der Waals surface area contributed by atoms with E-state index in [1.165, 1.54) is 12.2 Å². The van der Waals surface area contributed by atoms with Crippen LogP contribution in [0.4, 0.5) is 0 Å². The van der Waals surface area contributed by atoms with Gasteiger partial charge in [0.05, 0.1) is 12.2 Å². The van der Waals surface area contributed by atoms with Crippen molar-refractivity contribution in [1.29, 1.82) is 0 Å². The van der Waals surface area contributed by atoms with Gasteiger partial charge in [-0.15, -0.1) is 0 Å². The number of rotatable bonds is 3. The van der Waals surface area contributed by atoms with Crippen LogP contribution in [-0.4, -0.2) is 60.0 Å². The maximum atomic E-state index is 8.95. The molecule has 0 aromatic rings. The van der Waals surface area contributed by atoms with Crippen molar-refractivity contribution in [2.75, 3.05) is 38.3 Å². The highest BCUT2D eigenvalue weighted by atomic mass is 32.2.